The first-order valence-corrected chi connectivity index (χ1v) is 3.76. The molecular weight excluding hydrogens is 126 g/mol. The van der Waals surface area contributed by atoms with Crippen LogP contribution in [-0.2, 0) is 0 Å². The summed E-state index contributed by atoms with van der Waals surface area (Å²) in [6.45, 7) is 3.27. The van der Waals surface area contributed by atoms with Gasteiger partial charge in [0.25, 0.3) is 0 Å². The quantitative estimate of drug-likeness (QED) is 0.535. The number of nitrogens with one attached hydrogen (secondary N) is 2. The van der Waals surface area contributed by atoms with E-state index in [2.05, 4.69) is 22.7 Å². The molecule has 0 aromatic rings. The second-order valence-corrected chi connectivity index (χ2v) is 2.62. The van der Waals surface area contributed by atoms with Gasteiger partial charge in [0.2, 0.25) is 0 Å². The molecule has 62 valence electrons. The van der Waals surface area contributed by atoms with Crippen LogP contribution < -0.4 is 10.7 Å². The average Bonchev–Trinajstić information content (AvgIpc) is 1.99. The van der Waals surface area contributed by atoms with Gasteiger partial charge < -0.3 is 5.32 Å². The minimum Gasteiger partial charge on any atom is -0.317 e. The van der Waals surface area contributed by atoms with Crippen LogP contribution >= 0.6 is 0 Å². The molecule has 3 nitrogen and oxygen atoms in total. The lowest BCUT2D eigenvalue weighted by Gasteiger charge is -2.17. The third-order valence-electron chi connectivity index (χ3n) is 1.77. The minimum absolute atomic E-state index is 0.607. The van der Waals surface area contributed by atoms with Gasteiger partial charge in [-0.3, -0.25) is 5.43 Å². The zero-order chi connectivity index (χ0) is 7.98. The zero-order valence-electron chi connectivity index (χ0n) is 7.44. The molecule has 0 aliphatic carbocycles. The Morgan fingerprint density at radius 3 is 2.40 bits per heavy atom. The Morgan fingerprint density at radius 2 is 2.00 bits per heavy atom. The van der Waals surface area contributed by atoms with Crippen molar-refractivity contribution in [2.45, 2.75) is 19.4 Å². The van der Waals surface area contributed by atoms with E-state index >= 15 is 0 Å². The first-order chi connectivity index (χ1) is 4.70. The maximum absolute atomic E-state index is 3.19. The number of rotatable bonds is 5. The molecule has 0 fully saturated rings. The fourth-order valence-electron chi connectivity index (χ4n) is 0.643. The van der Waals surface area contributed by atoms with E-state index in [0.717, 1.165) is 6.54 Å². The maximum atomic E-state index is 3.19. The summed E-state index contributed by atoms with van der Waals surface area (Å²) < 4.78 is 0. The molecule has 0 aliphatic rings. The maximum Gasteiger partial charge on any atom is 0.0142 e. The van der Waals surface area contributed by atoms with E-state index in [9.17, 15) is 0 Å². The standard InChI is InChI=1S/C7H19N3/c1-7(8-2)5-6-10(4)9-3/h7-9H,5-6H2,1-4H3. The summed E-state index contributed by atoms with van der Waals surface area (Å²) >= 11 is 0. The molecule has 0 amide bonds. The van der Waals surface area contributed by atoms with Crippen LogP contribution in [0, 0.1) is 0 Å². The monoisotopic (exact) mass is 145 g/mol. The van der Waals surface area contributed by atoms with E-state index in [1.807, 2.05) is 21.1 Å². The van der Waals surface area contributed by atoms with Crippen LogP contribution in [0.25, 0.3) is 0 Å². The molecule has 2 N–H and O–H groups in total. The van der Waals surface area contributed by atoms with Crippen LogP contribution in [-0.4, -0.2) is 38.7 Å². The Kier molecular flexibility index (Phi) is 5.58. The number of hydrogen-bond donors (Lipinski definition) is 2. The van der Waals surface area contributed by atoms with Crippen molar-refractivity contribution in [3.63, 3.8) is 0 Å². The summed E-state index contributed by atoms with van der Waals surface area (Å²) in [7, 11) is 5.97. The van der Waals surface area contributed by atoms with Gasteiger partial charge in [-0.05, 0) is 27.4 Å². The van der Waals surface area contributed by atoms with Crippen LogP contribution in [0.1, 0.15) is 13.3 Å². The van der Waals surface area contributed by atoms with Crippen molar-refractivity contribution in [1.82, 2.24) is 15.8 Å². The van der Waals surface area contributed by atoms with Crippen LogP contribution in [0.5, 0.6) is 0 Å². The number of nitrogens with zero attached hydrogens (tertiary/aromatic N) is 1. The highest BCUT2D eigenvalue weighted by Crippen LogP contribution is 1.89. The summed E-state index contributed by atoms with van der Waals surface area (Å²) in [6, 6.07) is 0.607. The second kappa shape index (κ2) is 5.65. The molecule has 0 aromatic heterocycles. The predicted molar refractivity (Wildman–Crippen MR) is 44.8 cm³/mol. The van der Waals surface area contributed by atoms with Gasteiger partial charge in [-0.15, -0.1) is 0 Å². The van der Waals surface area contributed by atoms with Gasteiger partial charge in [-0.1, -0.05) is 0 Å². The van der Waals surface area contributed by atoms with Gasteiger partial charge >= 0.3 is 0 Å². The third kappa shape index (κ3) is 4.73. The second-order valence-electron chi connectivity index (χ2n) is 2.62. The van der Waals surface area contributed by atoms with Crippen molar-refractivity contribution in [3.05, 3.63) is 0 Å². The highest BCUT2D eigenvalue weighted by atomic mass is 15.5. The molecule has 0 saturated carbocycles. The van der Waals surface area contributed by atoms with E-state index in [0.29, 0.717) is 6.04 Å². The SMILES string of the molecule is CNC(C)CCN(C)NC. The van der Waals surface area contributed by atoms with Crippen LogP contribution in [0.3, 0.4) is 0 Å². The van der Waals surface area contributed by atoms with E-state index in [-0.39, 0.29) is 0 Å². The highest BCUT2D eigenvalue weighted by Gasteiger charge is 1.98. The summed E-state index contributed by atoms with van der Waals surface area (Å²) in [6.07, 6.45) is 1.17. The fraction of sp³-hybridized carbons (Fsp3) is 1.00. The molecule has 0 rings (SSSR count). The molecule has 0 heterocycles. The van der Waals surface area contributed by atoms with Crippen molar-refractivity contribution < 1.29 is 0 Å². The molecule has 3 heteroatoms. The van der Waals surface area contributed by atoms with Gasteiger partial charge in [-0.2, -0.15) is 0 Å². The van der Waals surface area contributed by atoms with Crippen molar-refractivity contribution in [3.8, 4) is 0 Å². The molecular formula is C7H19N3. The molecule has 1 unspecified atom stereocenters. The van der Waals surface area contributed by atoms with Gasteiger partial charge in [0.05, 0.1) is 0 Å². The van der Waals surface area contributed by atoms with Crippen LogP contribution in [0.2, 0.25) is 0 Å². The topological polar surface area (TPSA) is 27.3 Å². The molecule has 1 atom stereocenters. The Bertz CT molecular complexity index is 65.3. The Labute approximate surface area is 63.8 Å². The molecule has 10 heavy (non-hydrogen) atoms. The smallest absolute Gasteiger partial charge is 0.0142 e. The summed E-state index contributed by atoms with van der Waals surface area (Å²) in [5.41, 5.74) is 3.05. The van der Waals surface area contributed by atoms with Crippen LogP contribution in [0.4, 0.5) is 0 Å². The molecule has 0 spiro atoms. The third-order valence-corrected chi connectivity index (χ3v) is 1.77. The summed E-state index contributed by atoms with van der Waals surface area (Å²) in [5.74, 6) is 0. The number of hydrogen-bond acceptors (Lipinski definition) is 3. The Balaban J connectivity index is 3.17. The summed E-state index contributed by atoms with van der Waals surface area (Å²) in [4.78, 5) is 0. The Hall–Kier alpha value is -0.120. The Morgan fingerprint density at radius 1 is 1.40 bits per heavy atom. The van der Waals surface area contributed by atoms with E-state index in [1.165, 1.54) is 6.42 Å². The average molecular weight is 145 g/mol. The van der Waals surface area contributed by atoms with Crippen molar-refractivity contribution in [1.29, 1.82) is 0 Å². The lowest BCUT2D eigenvalue weighted by atomic mass is 10.2. The van der Waals surface area contributed by atoms with E-state index in [4.69, 9.17) is 0 Å². The van der Waals surface area contributed by atoms with E-state index < -0.39 is 0 Å². The zero-order valence-corrected chi connectivity index (χ0v) is 7.44. The lowest BCUT2D eigenvalue weighted by molar-refractivity contribution is 0.247. The number of hydrazine groups is 1. The van der Waals surface area contributed by atoms with Gasteiger partial charge in [-0.25, -0.2) is 5.01 Å². The molecule has 0 aromatic carbocycles. The summed E-state index contributed by atoms with van der Waals surface area (Å²) in [5, 5.41) is 5.27. The first-order valence-electron chi connectivity index (χ1n) is 3.76. The van der Waals surface area contributed by atoms with E-state index in [1.54, 1.807) is 0 Å². The fourth-order valence-corrected chi connectivity index (χ4v) is 0.643. The van der Waals surface area contributed by atoms with Crippen molar-refractivity contribution in [2.75, 3.05) is 27.7 Å². The first kappa shape index (κ1) is 9.88. The van der Waals surface area contributed by atoms with Crippen molar-refractivity contribution in [2.24, 2.45) is 0 Å². The van der Waals surface area contributed by atoms with Gasteiger partial charge in [0.15, 0.2) is 0 Å². The predicted octanol–water partition coefficient (Wildman–Crippen LogP) is 0.0506. The lowest BCUT2D eigenvalue weighted by Crippen LogP contribution is -2.35. The van der Waals surface area contributed by atoms with Crippen molar-refractivity contribution >= 4 is 0 Å². The minimum atomic E-state index is 0.607. The molecule has 0 aliphatic heterocycles. The molecule has 0 saturated heterocycles. The molecule has 0 radical (unpaired) electrons. The van der Waals surface area contributed by atoms with Crippen LogP contribution in [0.15, 0.2) is 0 Å². The largest absolute Gasteiger partial charge is 0.317 e. The van der Waals surface area contributed by atoms with Gasteiger partial charge in [0.1, 0.15) is 0 Å². The highest BCUT2D eigenvalue weighted by molar-refractivity contribution is 4.57. The normalized spacial score (nSPS) is 14.1. The molecule has 0 bridgehead atoms. The van der Waals surface area contributed by atoms with Gasteiger partial charge in [0, 0.05) is 19.6 Å².